The molecule has 0 spiro atoms. The predicted molar refractivity (Wildman–Crippen MR) is 72.6 cm³/mol. The number of hydrogen-bond donors (Lipinski definition) is 3. The summed E-state index contributed by atoms with van der Waals surface area (Å²) in [5, 5.41) is 12.5. The van der Waals surface area contributed by atoms with E-state index >= 15 is 0 Å². The standard InChI is InChI=1S/C13H20N4O2/c18-8-9-7-17(6-5-14-9)13-15-11-4-2-1-3-10(11)12(19)16-13/h9,14,18H,1-8H2,(H,15,16,19). The van der Waals surface area contributed by atoms with Crippen molar-refractivity contribution >= 4 is 5.95 Å². The zero-order valence-corrected chi connectivity index (χ0v) is 11.0. The maximum Gasteiger partial charge on any atom is 0.255 e. The molecule has 0 bridgehead atoms. The number of anilines is 1. The number of hydrogen-bond acceptors (Lipinski definition) is 5. The molecule has 1 aromatic rings. The van der Waals surface area contributed by atoms with Crippen LogP contribution >= 0.6 is 0 Å². The summed E-state index contributed by atoms with van der Waals surface area (Å²) in [6.45, 7) is 2.38. The Morgan fingerprint density at radius 3 is 3.05 bits per heavy atom. The van der Waals surface area contributed by atoms with Gasteiger partial charge in [0, 0.05) is 31.2 Å². The second-order valence-corrected chi connectivity index (χ2v) is 5.30. The van der Waals surface area contributed by atoms with Crippen LogP contribution in [0.1, 0.15) is 24.1 Å². The zero-order valence-electron chi connectivity index (χ0n) is 11.0. The highest BCUT2D eigenvalue weighted by molar-refractivity contribution is 5.35. The van der Waals surface area contributed by atoms with Crippen LogP contribution in [0.3, 0.4) is 0 Å². The van der Waals surface area contributed by atoms with E-state index in [1.54, 1.807) is 0 Å². The number of rotatable bonds is 2. The van der Waals surface area contributed by atoms with Crippen molar-refractivity contribution in [3.05, 3.63) is 21.6 Å². The minimum Gasteiger partial charge on any atom is -0.395 e. The lowest BCUT2D eigenvalue weighted by Crippen LogP contribution is -2.53. The molecule has 6 nitrogen and oxygen atoms in total. The molecule has 0 saturated carbocycles. The highest BCUT2D eigenvalue weighted by Crippen LogP contribution is 2.18. The van der Waals surface area contributed by atoms with Gasteiger partial charge in [0.2, 0.25) is 5.95 Å². The summed E-state index contributed by atoms with van der Waals surface area (Å²) in [6.07, 6.45) is 3.95. The van der Waals surface area contributed by atoms with Gasteiger partial charge in [-0.15, -0.1) is 0 Å². The van der Waals surface area contributed by atoms with E-state index in [0.717, 1.165) is 50.0 Å². The number of aryl methyl sites for hydroxylation is 1. The third-order valence-electron chi connectivity index (χ3n) is 3.95. The Morgan fingerprint density at radius 2 is 2.21 bits per heavy atom. The smallest absolute Gasteiger partial charge is 0.255 e. The summed E-state index contributed by atoms with van der Waals surface area (Å²) >= 11 is 0. The third kappa shape index (κ3) is 2.50. The molecule has 1 aliphatic heterocycles. The van der Waals surface area contributed by atoms with Gasteiger partial charge in [0.05, 0.1) is 12.3 Å². The van der Waals surface area contributed by atoms with Crippen molar-refractivity contribution in [3.63, 3.8) is 0 Å². The van der Waals surface area contributed by atoms with Crippen LogP contribution in [0.2, 0.25) is 0 Å². The van der Waals surface area contributed by atoms with Gasteiger partial charge in [0.1, 0.15) is 0 Å². The summed E-state index contributed by atoms with van der Waals surface area (Å²) in [5.41, 5.74) is 1.84. The van der Waals surface area contributed by atoms with Gasteiger partial charge >= 0.3 is 0 Å². The average Bonchev–Trinajstić information content (AvgIpc) is 2.47. The van der Waals surface area contributed by atoms with Gasteiger partial charge in [-0.25, -0.2) is 4.98 Å². The zero-order chi connectivity index (χ0) is 13.2. The number of aliphatic hydroxyl groups is 1. The van der Waals surface area contributed by atoms with E-state index in [1.165, 1.54) is 0 Å². The van der Waals surface area contributed by atoms with Crippen LogP contribution in [0.5, 0.6) is 0 Å². The Bertz CT molecular complexity index is 514. The quantitative estimate of drug-likeness (QED) is 0.666. The fourth-order valence-corrected chi connectivity index (χ4v) is 2.88. The molecule has 0 aromatic carbocycles. The van der Waals surface area contributed by atoms with Crippen LogP contribution in [0, 0.1) is 0 Å². The molecule has 3 N–H and O–H groups in total. The van der Waals surface area contributed by atoms with Crippen molar-refractivity contribution < 1.29 is 5.11 Å². The van der Waals surface area contributed by atoms with Crippen LogP contribution in [0.15, 0.2) is 4.79 Å². The molecule has 1 fully saturated rings. The summed E-state index contributed by atoms with van der Waals surface area (Å²) in [5.74, 6) is 0.658. The molecular weight excluding hydrogens is 244 g/mol. The molecule has 6 heteroatoms. The van der Waals surface area contributed by atoms with Crippen molar-refractivity contribution in [2.45, 2.75) is 31.7 Å². The predicted octanol–water partition coefficient (Wildman–Crippen LogP) is -0.581. The first kappa shape index (κ1) is 12.6. The lowest BCUT2D eigenvalue weighted by Gasteiger charge is -2.33. The van der Waals surface area contributed by atoms with Gasteiger partial charge in [-0.1, -0.05) is 0 Å². The number of nitrogens with zero attached hydrogens (tertiary/aromatic N) is 2. The Labute approximate surface area is 111 Å². The molecule has 1 atom stereocenters. The molecule has 2 aliphatic rings. The summed E-state index contributed by atoms with van der Waals surface area (Å²) < 4.78 is 0. The lowest BCUT2D eigenvalue weighted by molar-refractivity contribution is 0.235. The number of aromatic amines is 1. The molecule has 2 heterocycles. The molecule has 19 heavy (non-hydrogen) atoms. The monoisotopic (exact) mass is 264 g/mol. The molecule has 0 radical (unpaired) electrons. The van der Waals surface area contributed by atoms with Crippen molar-refractivity contribution in [1.82, 2.24) is 15.3 Å². The SMILES string of the molecule is O=c1[nH]c(N2CCNC(CO)C2)nc2c1CCCC2. The fourth-order valence-electron chi connectivity index (χ4n) is 2.88. The molecular formula is C13H20N4O2. The third-order valence-corrected chi connectivity index (χ3v) is 3.95. The van der Waals surface area contributed by atoms with E-state index in [2.05, 4.69) is 15.3 Å². The highest BCUT2D eigenvalue weighted by atomic mass is 16.3. The van der Waals surface area contributed by atoms with Gasteiger partial charge in [-0.3, -0.25) is 9.78 Å². The first-order valence-electron chi connectivity index (χ1n) is 6.99. The lowest BCUT2D eigenvalue weighted by atomic mass is 9.97. The van der Waals surface area contributed by atoms with Gasteiger partial charge in [0.15, 0.2) is 0 Å². The molecule has 1 aromatic heterocycles. The number of aliphatic hydroxyl groups excluding tert-OH is 1. The fraction of sp³-hybridized carbons (Fsp3) is 0.692. The van der Waals surface area contributed by atoms with Gasteiger partial charge in [-0.2, -0.15) is 0 Å². The topological polar surface area (TPSA) is 81.2 Å². The number of fused-ring (bicyclic) bond motifs is 1. The molecule has 1 aliphatic carbocycles. The van der Waals surface area contributed by atoms with Crippen molar-refractivity contribution in [1.29, 1.82) is 0 Å². The first-order chi connectivity index (χ1) is 9.28. The first-order valence-corrected chi connectivity index (χ1v) is 6.99. The Balaban J connectivity index is 1.88. The highest BCUT2D eigenvalue weighted by Gasteiger charge is 2.22. The molecule has 3 rings (SSSR count). The normalized spacial score (nSPS) is 23.2. The van der Waals surface area contributed by atoms with E-state index in [9.17, 15) is 9.90 Å². The van der Waals surface area contributed by atoms with Crippen LogP contribution in [0.25, 0.3) is 0 Å². The largest absolute Gasteiger partial charge is 0.395 e. The second-order valence-electron chi connectivity index (χ2n) is 5.30. The van der Waals surface area contributed by atoms with Crippen LogP contribution in [-0.4, -0.2) is 47.4 Å². The molecule has 1 unspecified atom stereocenters. The minimum absolute atomic E-state index is 0.0128. The maximum absolute atomic E-state index is 12.1. The number of nitrogens with one attached hydrogen (secondary N) is 2. The Morgan fingerprint density at radius 1 is 1.37 bits per heavy atom. The number of H-pyrrole nitrogens is 1. The van der Waals surface area contributed by atoms with E-state index in [4.69, 9.17) is 0 Å². The number of aromatic nitrogens is 2. The van der Waals surface area contributed by atoms with E-state index < -0.39 is 0 Å². The minimum atomic E-state index is 0.0128. The van der Waals surface area contributed by atoms with E-state index in [0.29, 0.717) is 12.5 Å². The summed E-state index contributed by atoms with van der Waals surface area (Å²) in [7, 11) is 0. The van der Waals surface area contributed by atoms with E-state index in [1.807, 2.05) is 4.90 Å². The van der Waals surface area contributed by atoms with Crippen LogP contribution < -0.4 is 15.8 Å². The molecule has 104 valence electrons. The van der Waals surface area contributed by atoms with Crippen molar-refractivity contribution in [2.75, 3.05) is 31.1 Å². The van der Waals surface area contributed by atoms with Gasteiger partial charge in [-0.05, 0) is 25.7 Å². The maximum atomic E-state index is 12.1. The van der Waals surface area contributed by atoms with Crippen molar-refractivity contribution in [3.8, 4) is 0 Å². The average molecular weight is 264 g/mol. The second kappa shape index (κ2) is 5.30. The van der Waals surface area contributed by atoms with E-state index in [-0.39, 0.29) is 18.2 Å². The Kier molecular flexibility index (Phi) is 3.52. The summed E-state index contributed by atoms with van der Waals surface area (Å²) in [4.78, 5) is 21.7. The van der Waals surface area contributed by atoms with Crippen LogP contribution in [0.4, 0.5) is 5.95 Å². The number of piperazine rings is 1. The molecule has 1 saturated heterocycles. The Hall–Kier alpha value is -1.40. The summed E-state index contributed by atoms with van der Waals surface area (Å²) in [6, 6.07) is 0.0510. The van der Waals surface area contributed by atoms with Crippen molar-refractivity contribution in [2.24, 2.45) is 0 Å². The van der Waals surface area contributed by atoms with Gasteiger partial charge < -0.3 is 15.3 Å². The van der Waals surface area contributed by atoms with Crippen LogP contribution in [-0.2, 0) is 12.8 Å². The van der Waals surface area contributed by atoms with Gasteiger partial charge in [0.25, 0.3) is 5.56 Å². The molecule has 0 amide bonds.